The van der Waals surface area contributed by atoms with Crippen molar-refractivity contribution in [2.75, 3.05) is 18.8 Å². The standard InChI is InChI=1S/C54H88N12O17S/c1-26(2)22-34(56)46(74)61-37(23-27(3)4)48(76)59-35(18-19-41(70)71)47(75)64-42(30(7)67)52(80)62-38(24-32-14-16-33(69)17-15-32)49(77)63-39(25-84)50(78)57-29(6)45(73)65-43(31(8)68)53(81)66-21-11-13-40(66)51(79)58-28(5)44(72)60-36(54(82)83)12-9-10-20-55/h14-17,26-31,34-40,42-43,67-69,84H,9-13,18-25,55-56H2,1-8H3,(H,57,78)(H,58,79)(H,59,76)(H,60,72)(H,61,74)(H,62,80)(H,63,77)(H,64,75)(H,65,73)(H,70,71)(H,82,83)/t28-,29-,30+,31+,34-,35-,36-,37-,38-,39-,40-,42-,43-/m0/s1. The smallest absolute Gasteiger partial charge is 0.326 e. The van der Waals surface area contributed by atoms with Gasteiger partial charge in [-0.2, -0.15) is 12.6 Å². The molecule has 1 aliphatic rings. The highest BCUT2D eigenvalue weighted by atomic mass is 32.1. The fourth-order valence-electron chi connectivity index (χ4n) is 8.82. The van der Waals surface area contributed by atoms with Gasteiger partial charge in [0.15, 0.2) is 0 Å². The molecule has 0 unspecified atom stereocenters. The summed E-state index contributed by atoms with van der Waals surface area (Å²) in [5, 5.41) is 72.5. The molecule has 30 heteroatoms. The van der Waals surface area contributed by atoms with E-state index in [1.165, 1.54) is 45.0 Å². The maximum atomic E-state index is 14.1. The normalized spacial score (nSPS) is 17.4. The number of likely N-dealkylation sites (tertiary alicyclic amines) is 1. The highest BCUT2D eigenvalue weighted by molar-refractivity contribution is 7.80. The Labute approximate surface area is 493 Å². The van der Waals surface area contributed by atoms with E-state index in [9.17, 15) is 83.1 Å². The van der Waals surface area contributed by atoms with Gasteiger partial charge in [0.05, 0.1) is 18.2 Å². The average molecular weight is 1210 g/mol. The highest BCUT2D eigenvalue weighted by Crippen LogP contribution is 2.20. The molecule has 0 aromatic heterocycles. The topological polar surface area (TPSA) is 470 Å². The molecule has 1 fully saturated rings. The number of amides is 10. The van der Waals surface area contributed by atoms with Crippen LogP contribution in [0.15, 0.2) is 24.3 Å². The van der Waals surface area contributed by atoms with Crippen molar-refractivity contribution >= 4 is 83.6 Å². The molecule has 1 aliphatic heterocycles. The number of carbonyl (C=O) groups excluding carboxylic acids is 10. The first-order valence-corrected chi connectivity index (χ1v) is 28.6. The van der Waals surface area contributed by atoms with E-state index in [-0.39, 0.29) is 49.8 Å². The molecule has 84 heavy (non-hydrogen) atoms. The number of hydrogen-bond acceptors (Lipinski definition) is 18. The molecule has 1 saturated heterocycles. The van der Waals surface area contributed by atoms with Crippen LogP contribution in [0.3, 0.4) is 0 Å². The third kappa shape index (κ3) is 24.6. The average Bonchev–Trinajstić information content (AvgIpc) is 3.90. The Morgan fingerprint density at radius 1 is 0.583 bits per heavy atom. The van der Waals surface area contributed by atoms with Crippen LogP contribution >= 0.6 is 12.6 Å². The van der Waals surface area contributed by atoms with Crippen LogP contribution < -0.4 is 59.3 Å². The van der Waals surface area contributed by atoms with E-state index >= 15 is 0 Å². The number of unbranched alkanes of at least 4 members (excludes halogenated alkanes) is 1. The quantitative estimate of drug-likeness (QED) is 0.0229. The summed E-state index contributed by atoms with van der Waals surface area (Å²) in [7, 11) is 0. The number of carboxylic acid groups (broad SMARTS) is 2. The summed E-state index contributed by atoms with van der Waals surface area (Å²) in [5.41, 5.74) is 11.9. The molecule has 18 N–H and O–H groups in total. The Morgan fingerprint density at radius 3 is 1.63 bits per heavy atom. The van der Waals surface area contributed by atoms with Gasteiger partial charge in [0, 0.05) is 25.1 Å². The number of nitrogens with one attached hydrogen (secondary N) is 9. The predicted molar refractivity (Wildman–Crippen MR) is 307 cm³/mol. The molecule has 1 aromatic rings. The van der Waals surface area contributed by atoms with Gasteiger partial charge in [0.25, 0.3) is 0 Å². The van der Waals surface area contributed by atoms with Gasteiger partial charge in [-0.1, -0.05) is 39.8 Å². The van der Waals surface area contributed by atoms with E-state index in [4.69, 9.17) is 11.5 Å². The zero-order valence-corrected chi connectivity index (χ0v) is 49.7. The summed E-state index contributed by atoms with van der Waals surface area (Å²) < 4.78 is 0. The minimum absolute atomic E-state index is 0.0170. The largest absolute Gasteiger partial charge is 0.508 e. The summed E-state index contributed by atoms with van der Waals surface area (Å²) in [5.74, 6) is -12.5. The van der Waals surface area contributed by atoms with Crippen molar-refractivity contribution in [2.45, 2.75) is 198 Å². The van der Waals surface area contributed by atoms with Gasteiger partial charge in [0.1, 0.15) is 66.2 Å². The minimum Gasteiger partial charge on any atom is -0.508 e. The maximum Gasteiger partial charge on any atom is 0.326 e. The van der Waals surface area contributed by atoms with Gasteiger partial charge < -0.3 is 89.8 Å². The summed E-state index contributed by atoms with van der Waals surface area (Å²) in [6.07, 6.45) is -2.82. The lowest BCUT2D eigenvalue weighted by molar-refractivity contribution is -0.145. The van der Waals surface area contributed by atoms with Crippen LogP contribution in [0.25, 0.3) is 0 Å². The fourth-order valence-corrected chi connectivity index (χ4v) is 9.08. The number of aliphatic hydroxyl groups is 2. The molecule has 1 aromatic carbocycles. The summed E-state index contributed by atoms with van der Waals surface area (Å²) >= 11 is 4.21. The second kappa shape index (κ2) is 35.9. The molecule has 0 spiro atoms. The van der Waals surface area contributed by atoms with Gasteiger partial charge in [-0.25, -0.2) is 4.79 Å². The third-order valence-corrected chi connectivity index (χ3v) is 13.9. The first-order chi connectivity index (χ1) is 39.3. The molecule has 1 heterocycles. The monoisotopic (exact) mass is 1210 g/mol. The molecule has 10 amide bonds. The van der Waals surface area contributed by atoms with Crippen molar-refractivity contribution in [3.05, 3.63) is 29.8 Å². The zero-order valence-electron chi connectivity index (χ0n) is 48.8. The van der Waals surface area contributed by atoms with Gasteiger partial charge in [0.2, 0.25) is 59.1 Å². The number of aliphatic hydroxyl groups excluding tert-OH is 2. The van der Waals surface area contributed by atoms with Gasteiger partial charge >= 0.3 is 11.9 Å². The maximum absolute atomic E-state index is 14.1. The third-order valence-electron chi connectivity index (χ3n) is 13.5. The zero-order chi connectivity index (χ0) is 63.7. The van der Waals surface area contributed by atoms with E-state index in [1.807, 2.05) is 13.8 Å². The number of phenolic OH excluding ortho intramolecular Hbond substituents is 1. The molecule has 0 radical (unpaired) electrons. The van der Waals surface area contributed by atoms with Gasteiger partial charge in [-0.05, 0) is 115 Å². The van der Waals surface area contributed by atoms with E-state index in [0.717, 1.165) is 11.8 Å². The molecule has 13 atom stereocenters. The molecule has 29 nitrogen and oxygen atoms in total. The van der Waals surface area contributed by atoms with Gasteiger partial charge in [-0.3, -0.25) is 52.7 Å². The molecular formula is C54H88N12O17S. The fraction of sp³-hybridized carbons (Fsp3) is 0.667. The summed E-state index contributed by atoms with van der Waals surface area (Å²) in [4.78, 5) is 161. The minimum atomic E-state index is -1.87. The first kappa shape index (κ1) is 73.0. The Bertz CT molecular complexity index is 2430. The summed E-state index contributed by atoms with van der Waals surface area (Å²) in [6.45, 7) is 12.5. The second-order valence-electron chi connectivity index (χ2n) is 21.9. The molecule has 0 bridgehead atoms. The van der Waals surface area contributed by atoms with Crippen molar-refractivity contribution in [3.63, 3.8) is 0 Å². The molecule has 472 valence electrons. The number of rotatable bonds is 36. The number of carboxylic acids is 2. The van der Waals surface area contributed by atoms with Crippen LogP contribution in [0.2, 0.25) is 0 Å². The number of carbonyl (C=O) groups is 12. The number of phenols is 1. The van der Waals surface area contributed by atoms with Crippen LogP contribution in [0.4, 0.5) is 0 Å². The SMILES string of the molecule is CC(C)C[C@H](NC(=O)[C@@H](N)CC(C)C)C(=O)N[C@@H](CCC(=O)O)C(=O)N[C@H](C(=O)N[C@@H](Cc1ccc(O)cc1)C(=O)N[C@@H](CS)C(=O)N[C@@H](C)C(=O)N[C@H](C(=O)N1CCC[C@H]1C(=O)N[C@@H](C)C(=O)N[C@@H](CCCCN)C(=O)O)[C@@H](C)O)[C@@H](C)O. The number of aromatic hydroxyl groups is 1. The van der Waals surface area contributed by atoms with E-state index in [1.54, 1.807) is 13.8 Å². The number of aliphatic carboxylic acids is 2. The van der Waals surface area contributed by atoms with Crippen molar-refractivity contribution < 1.29 is 83.1 Å². The highest BCUT2D eigenvalue weighted by Gasteiger charge is 2.41. The lowest BCUT2D eigenvalue weighted by atomic mass is 10.00. The lowest BCUT2D eigenvalue weighted by Gasteiger charge is -2.31. The molecule has 0 aliphatic carbocycles. The number of benzene rings is 1. The number of hydrogen-bond donors (Lipinski definition) is 17. The van der Waals surface area contributed by atoms with Gasteiger partial charge in [-0.15, -0.1) is 0 Å². The Hall–Kier alpha value is -7.15. The van der Waals surface area contributed by atoms with Crippen LogP contribution in [0.5, 0.6) is 5.75 Å². The summed E-state index contributed by atoms with van der Waals surface area (Å²) in [6, 6.07) is -10.2. The van der Waals surface area contributed by atoms with Crippen molar-refractivity contribution in [3.8, 4) is 5.75 Å². The number of nitrogens with zero attached hydrogens (tertiary/aromatic N) is 1. The van der Waals surface area contributed by atoms with Crippen molar-refractivity contribution in [1.82, 2.24) is 52.8 Å². The molecular weight excluding hydrogens is 1120 g/mol. The van der Waals surface area contributed by atoms with E-state index in [2.05, 4.69) is 60.5 Å². The number of nitrogens with two attached hydrogens (primary N) is 2. The van der Waals surface area contributed by atoms with Crippen LogP contribution in [-0.2, 0) is 64.0 Å². The van der Waals surface area contributed by atoms with E-state index in [0.29, 0.717) is 37.8 Å². The Morgan fingerprint density at radius 2 is 1.08 bits per heavy atom. The van der Waals surface area contributed by atoms with E-state index < -0.39 is 168 Å². The number of thiol groups is 1. The Kier molecular flexibility index (Phi) is 31.1. The van der Waals surface area contributed by atoms with Crippen LogP contribution in [0.1, 0.15) is 119 Å². The van der Waals surface area contributed by atoms with Crippen molar-refractivity contribution in [2.24, 2.45) is 23.3 Å². The predicted octanol–water partition coefficient (Wildman–Crippen LogP) is -3.48. The first-order valence-electron chi connectivity index (χ1n) is 28.0. The van der Waals surface area contributed by atoms with Crippen LogP contribution in [-0.4, -0.2) is 199 Å². The molecule has 2 rings (SSSR count). The lowest BCUT2D eigenvalue weighted by Crippen LogP contribution is -2.62. The molecule has 0 saturated carbocycles. The van der Waals surface area contributed by atoms with Crippen LogP contribution in [0, 0.1) is 11.8 Å². The van der Waals surface area contributed by atoms with Crippen molar-refractivity contribution in [1.29, 1.82) is 0 Å². The second-order valence-corrected chi connectivity index (χ2v) is 22.2. The Balaban J connectivity index is 2.29.